The summed E-state index contributed by atoms with van der Waals surface area (Å²) in [6, 6.07) is 20.3. The molecule has 1 fully saturated rings. The van der Waals surface area contributed by atoms with Crippen LogP contribution in [-0.2, 0) is 0 Å². The van der Waals surface area contributed by atoms with E-state index < -0.39 is 0 Å². The molecule has 2 heterocycles. The fraction of sp³-hybridized carbons (Fsp3) is 0.269. The number of ether oxygens (including phenoxy) is 1. The summed E-state index contributed by atoms with van der Waals surface area (Å²) in [5, 5.41) is 3.80. The van der Waals surface area contributed by atoms with Crippen molar-refractivity contribution in [2.45, 2.75) is 17.9 Å². The SMILES string of the molecule is CSc1ncccc1C(=O)N1CCC(CNC(=O)c2ccc(Oc3ccccc3)cc2)CC1. The predicted octanol–water partition coefficient (Wildman–Crippen LogP) is 4.88. The van der Waals surface area contributed by atoms with Gasteiger partial charge in [0.15, 0.2) is 0 Å². The average Bonchev–Trinajstić information content (AvgIpc) is 2.88. The Labute approximate surface area is 198 Å². The van der Waals surface area contributed by atoms with E-state index >= 15 is 0 Å². The quantitative estimate of drug-likeness (QED) is 0.508. The van der Waals surface area contributed by atoms with Crippen LogP contribution in [0, 0.1) is 5.92 Å². The van der Waals surface area contributed by atoms with Crippen LogP contribution in [-0.4, -0.2) is 47.6 Å². The number of rotatable bonds is 7. The summed E-state index contributed by atoms with van der Waals surface area (Å²) in [6.07, 6.45) is 5.37. The van der Waals surface area contributed by atoms with Gasteiger partial charge in [-0.3, -0.25) is 9.59 Å². The van der Waals surface area contributed by atoms with E-state index in [1.165, 1.54) is 11.8 Å². The minimum Gasteiger partial charge on any atom is -0.457 e. The normalized spacial score (nSPS) is 14.0. The summed E-state index contributed by atoms with van der Waals surface area (Å²) >= 11 is 1.48. The minimum atomic E-state index is -0.0975. The molecule has 2 aromatic carbocycles. The standard InChI is InChI=1S/C26H27N3O3S/c1-33-25-23(8-5-15-27-25)26(31)29-16-13-19(14-17-29)18-28-24(30)20-9-11-22(12-10-20)32-21-6-3-2-4-7-21/h2-12,15,19H,13-14,16-18H2,1H3,(H,28,30). The highest BCUT2D eigenvalue weighted by Crippen LogP contribution is 2.23. The van der Waals surface area contributed by atoms with Crippen molar-refractivity contribution in [3.8, 4) is 11.5 Å². The number of aromatic nitrogens is 1. The van der Waals surface area contributed by atoms with Crippen LogP contribution in [0.5, 0.6) is 11.5 Å². The molecule has 0 unspecified atom stereocenters. The van der Waals surface area contributed by atoms with Gasteiger partial charge in [0.1, 0.15) is 16.5 Å². The lowest BCUT2D eigenvalue weighted by molar-refractivity contribution is 0.0680. The number of nitrogens with one attached hydrogen (secondary N) is 1. The molecule has 1 saturated heterocycles. The number of thioether (sulfide) groups is 1. The van der Waals surface area contributed by atoms with Gasteiger partial charge in [-0.05, 0) is 73.5 Å². The first-order chi connectivity index (χ1) is 16.1. The maximum atomic E-state index is 12.9. The molecule has 0 bridgehead atoms. The Morgan fingerprint density at radius 2 is 1.70 bits per heavy atom. The van der Waals surface area contributed by atoms with Crippen molar-refractivity contribution in [1.82, 2.24) is 15.2 Å². The number of carbonyl (C=O) groups is 2. The molecule has 3 aromatic rings. The van der Waals surface area contributed by atoms with Crippen LogP contribution in [0.1, 0.15) is 33.6 Å². The van der Waals surface area contributed by atoms with E-state index in [0.29, 0.717) is 42.4 Å². The number of amides is 2. The molecule has 0 spiro atoms. The first kappa shape index (κ1) is 22.9. The van der Waals surface area contributed by atoms with Gasteiger partial charge < -0.3 is 15.0 Å². The number of hydrogen-bond acceptors (Lipinski definition) is 5. The molecule has 0 aliphatic carbocycles. The summed E-state index contributed by atoms with van der Waals surface area (Å²) in [5.74, 6) is 1.74. The van der Waals surface area contributed by atoms with Crippen molar-refractivity contribution in [2.75, 3.05) is 25.9 Å². The largest absolute Gasteiger partial charge is 0.457 e. The molecule has 170 valence electrons. The van der Waals surface area contributed by atoms with Crippen LogP contribution in [0.25, 0.3) is 0 Å². The number of likely N-dealkylation sites (tertiary alicyclic amines) is 1. The molecule has 0 atom stereocenters. The Morgan fingerprint density at radius 3 is 2.39 bits per heavy atom. The molecule has 1 aliphatic heterocycles. The van der Waals surface area contributed by atoms with Gasteiger partial charge in [0.25, 0.3) is 11.8 Å². The van der Waals surface area contributed by atoms with Gasteiger partial charge in [-0.1, -0.05) is 18.2 Å². The van der Waals surface area contributed by atoms with E-state index in [4.69, 9.17) is 4.74 Å². The van der Waals surface area contributed by atoms with Crippen LogP contribution in [0.2, 0.25) is 0 Å². The van der Waals surface area contributed by atoms with E-state index in [9.17, 15) is 9.59 Å². The summed E-state index contributed by atoms with van der Waals surface area (Å²) in [7, 11) is 0. The monoisotopic (exact) mass is 461 g/mol. The first-order valence-corrected chi connectivity index (χ1v) is 12.3. The number of carbonyl (C=O) groups excluding carboxylic acids is 2. The van der Waals surface area contributed by atoms with Crippen LogP contribution < -0.4 is 10.1 Å². The van der Waals surface area contributed by atoms with Crippen LogP contribution in [0.4, 0.5) is 0 Å². The predicted molar refractivity (Wildman–Crippen MR) is 130 cm³/mol. The highest BCUT2D eigenvalue weighted by molar-refractivity contribution is 7.98. The molecule has 2 amide bonds. The lowest BCUT2D eigenvalue weighted by Gasteiger charge is -2.32. The van der Waals surface area contributed by atoms with Crippen LogP contribution >= 0.6 is 11.8 Å². The topological polar surface area (TPSA) is 71.5 Å². The van der Waals surface area contributed by atoms with Gasteiger partial charge in [0.05, 0.1) is 5.56 Å². The molecular weight excluding hydrogens is 434 g/mol. The number of para-hydroxylation sites is 1. The van der Waals surface area contributed by atoms with Crippen LogP contribution in [0.3, 0.4) is 0 Å². The van der Waals surface area contributed by atoms with Gasteiger partial charge in [-0.2, -0.15) is 0 Å². The molecule has 7 heteroatoms. The van der Waals surface area contributed by atoms with Crippen molar-refractivity contribution in [1.29, 1.82) is 0 Å². The zero-order valence-corrected chi connectivity index (χ0v) is 19.4. The van der Waals surface area contributed by atoms with Crippen molar-refractivity contribution < 1.29 is 14.3 Å². The Morgan fingerprint density at radius 1 is 1.00 bits per heavy atom. The van der Waals surface area contributed by atoms with E-state index in [2.05, 4.69) is 10.3 Å². The fourth-order valence-electron chi connectivity index (χ4n) is 3.86. The number of benzene rings is 2. The highest BCUT2D eigenvalue weighted by atomic mass is 32.2. The second kappa shape index (κ2) is 11.0. The minimum absolute atomic E-state index is 0.0350. The third-order valence-corrected chi connectivity index (χ3v) is 6.46. The molecule has 4 rings (SSSR count). The Balaban J connectivity index is 1.24. The zero-order chi connectivity index (χ0) is 23.0. The molecule has 0 saturated carbocycles. The summed E-state index contributed by atoms with van der Waals surface area (Å²) in [4.78, 5) is 31.6. The van der Waals surface area contributed by atoms with Gasteiger partial charge >= 0.3 is 0 Å². The Kier molecular flexibility index (Phi) is 7.62. The smallest absolute Gasteiger partial charge is 0.256 e. The first-order valence-electron chi connectivity index (χ1n) is 11.0. The van der Waals surface area contributed by atoms with E-state index in [1.54, 1.807) is 36.5 Å². The number of piperidine rings is 1. The third-order valence-electron chi connectivity index (χ3n) is 5.74. The molecule has 6 nitrogen and oxygen atoms in total. The number of hydrogen-bond donors (Lipinski definition) is 1. The molecule has 0 radical (unpaired) electrons. The lowest BCUT2D eigenvalue weighted by atomic mass is 9.96. The van der Waals surface area contributed by atoms with Gasteiger partial charge in [-0.25, -0.2) is 4.98 Å². The highest BCUT2D eigenvalue weighted by Gasteiger charge is 2.25. The lowest BCUT2D eigenvalue weighted by Crippen LogP contribution is -2.41. The molecule has 33 heavy (non-hydrogen) atoms. The number of pyridine rings is 1. The molecule has 1 aliphatic rings. The maximum absolute atomic E-state index is 12.9. The molecule has 1 aromatic heterocycles. The van der Waals surface area contributed by atoms with Crippen molar-refractivity contribution >= 4 is 23.6 Å². The van der Waals surface area contributed by atoms with E-state index in [-0.39, 0.29) is 11.8 Å². The van der Waals surface area contributed by atoms with Crippen molar-refractivity contribution in [3.63, 3.8) is 0 Å². The van der Waals surface area contributed by atoms with E-state index in [0.717, 1.165) is 23.6 Å². The Hall–Kier alpha value is -3.32. The summed E-state index contributed by atoms with van der Waals surface area (Å²) in [5.41, 5.74) is 1.26. The summed E-state index contributed by atoms with van der Waals surface area (Å²) < 4.78 is 5.77. The van der Waals surface area contributed by atoms with E-state index in [1.807, 2.05) is 47.6 Å². The van der Waals surface area contributed by atoms with Crippen molar-refractivity contribution in [2.24, 2.45) is 5.92 Å². The average molecular weight is 462 g/mol. The van der Waals surface area contributed by atoms with Gasteiger partial charge in [0, 0.05) is 31.4 Å². The van der Waals surface area contributed by atoms with Gasteiger partial charge in [0.2, 0.25) is 0 Å². The molecule has 1 N–H and O–H groups in total. The van der Waals surface area contributed by atoms with Crippen LogP contribution in [0.15, 0.2) is 78.0 Å². The van der Waals surface area contributed by atoms with Crippen molar-refractivity contribution in [3.05, 3.63) is 84.1 Å². The second-order valence-electron chi connectivity index (χ2n) is 7.95. The fourth-order valence-corrected chi connectivity index (χ4v) is 4.41. The molecular formula is C26H27N3O3S. The van der Waals surface area contributed by atoms with Gasteiger partial charge in [-0.15, -0.1) is 11.8 Å². The maximum Gasteiger partial charge on any atom is 0.256 e. The Bertz CT molecular complexity index is 1080. The zero-order valence-electron chi connectivity index (χ0n) is 18.6. The third kappa shape index (κ3) is 5.93. The second-order valence-corrected chi connectivity index (χ2v) is 8.74. The number of nitrogens with zero attached hydrogens (tertiary/aromatic N) is 2. The summed E-state index contributed by atoms with van der Waals surface area (Å²) in [6.45, 7) is 1.98.